The SMILES string of the molecule is ClCCCCCCSSCCCCCCCl. The summed E-state index contributed by atoms with van der Waals surface area (Å²) in [6.45, 7) is 0. The van der Waals surface area contributed by atoms with Crippen LogP contribution < -0.4 is 0 Å². The molecule has 0 fully saturated rings. The minimum absolute atomic E-state index is 0.824. The van der Waals surface area contributed by atoms with Crippen molar-refractivity contribution in [2.75, 3.05) is 23.3 Å². The normalized spacial score (nSPS) is 10.9. The zero-order valence-electron chi connectivity index (χ0n) is 10.1. The van der Waals surface area contributed by atoms with Gasteiger partial charge in [-0.25, -0.2) is 0 Å². The minimum Gasteiger partial charge on any atom is -0.127 e. The van der Waals surface area contributed by atoms with Crippen LogP contribution in [0.4, 0.5) is 0 Å². The van der Waals surface area contributed by atoms with Gasteiger partial charge in [0.25, 0.3) is 0 Å². The van der Waals surface area contributed by atoms with Gasteiger partial charge in [-0.15, -0.1) is 23.2 Å². The van der Waals surface area contributed by atoms with Gasteiger partial charge in [-0.05, 0) is 25.7 Å². The summed E-state index contributed by atoms with van der Waals surface area (Å²) in [4.78, 5) is 0. The summed E-state index contributed by atoms with van der Waals surface area (Å²) in [5.74, 6) is 4.25. The van der Waals surface area contributed by atoms with Crippen LogP contribution in [-0.4, -0.2) is 23.3 Å². The van der Waals surface area contributed by atoms with E-state index in [2.05, 4.69) is 0 Å². The van der Waals surface area contributed by atoms with Crippen molar-refractivity contribution in [1.82, 2.24) is 0 Å². The Morgan fingerprint density at radius 2 is 0.875 bits per heavy atom. The highest BCUT2D eigenvalue weighted by Gasteiger charge is 1.93. The first-order valence-corrected chi connectivity index (χ1v) is 9.84. The zero-order valence-corrected chi connectivity index (χ0v) is 13.2. The van der Waals surface area contributed by atoms with Crippen LogP contribution >= 0.6 is 44.8 Å². The number of unbranched alkanes of at least 4 members (excludes halogenated alkanes) is 6. The van der Waals surface area contributed by atoms with E-state index in [1.165, 1.54) is 62.9 Å². The van der Waals surface area contributed by atoms with Crippen molar-refractivity contribution >= 4 is 44.8 Å². The van der Waals surface area contributed by atoms with E-state index in [4.69, 9.17) is 23.2 Å². The maximum Gasteiger partial charge on any atom is 0.0223 e. The fraction of sp³-hybridized carbons (Fsp3) is 1.00. The molecule has 0 heterocycles. The maximum atomic E-state index is 5.62. The quantitative estimate of drug-likeness (QED) is 0.234. The van der Waals surface area contributed by atoms with Gasteiger partial charge in [0.05, 0.1) is 0 Å². The van der Waals surface area contributed by atoms with Crippen molar-refractivity contribution in [2.45, 2.75) is 51.4 Å². The molecule has 98 valence electrons. The molecule has 0 saturated carbocycles. The van der Waals surface area contributed by atoms with Gasteiger partial charge in [-0.2, -0.15) is 0 Å². The number of rotatable bonds is 13. The van der Waals surface area contributed by atoms with E-state index < -0.39 is 0 Å². The van der Waals surface area contributed by atoms with Gasteiger partial charge in [-0.1, -0.05) is 47.3 Å². The molecule has 0 aromatic heterocycles. The van der Waals surface area contributed by atoms with Gasteiger partial charge in [0.2, 0.25) is 0 Å². The molecular weight excluding hydrogens is 279 g/mol. The summed E-state index contributed by atoms with van der Waals surface area (Å²) in [5, 5.41) is 0. The molecule has 0 nitrogen and oxygen atoms in total. The average molecular weight is 303 g/mol. The second-order valence-corrected chi connectivity index (χ2v) is 7.31. The predicted molar refractivity (Wildman–Crippen MR) is 83.3 cm³/mol. The Bertz CT molecular complexity index is 110. The van der Waals surface area contributed by atoms with Gasteiger partial charge in [0.1, 0.15) is 0 Å². The largest absolute Gasteiger partial charge is 0.127 e. The van der Waals surface area contributed by atoms with Crippen LogP contribution in [0.2, 0.25) is 0 Å². The van der Waals surface area contributed by atoms with Gasteiger partial charge < -0.3 is 0 Å². The van der Waals surface area contributed by atoms with Crippen LogP contribution in [0.5, 0.6) is 0 Å². The molecule has 0 N–H and O–H groups in total. The summed E-state index contributed by atoms with van der Waals surface area (Å²) in [7, 11) is 4.07. The fourth-order valence-electron chi connectivity index (χ4n) is 1.34. The number of alkyl halides is 2. The molecule has 0 saturated heterocycles. The van der Waals surface area contributed by atoms with Crippen molar-refractivity contribution in [1.29, 1.82) is 0 Å². The Hall–Kier alpha value is 1.28. The summed E-state index contributed by atoms with van der Waals surface area (Å²) in [5.41, 5.74) is 0. The molecule has 0 rings (SSSR count). The Kier molecular flexibility index (Phi) is 17.6. The molecule has 16 heavy (non-hydrogen) atoms. The molecule has 0 spiro atoms. The van der Waals surface area contributed by atoms with E-state index >= 15 is 0 Å². The van der Waals surface area contributed by atoms with Gasteiger partial charge in [0, 0.05) is 23.3 Å². The molecule has 4 heteroatoms. The lowest BCUT2D eigenvalue weighted by Gasteiger charge is -2.01. The Morgan fingerprint density at radius 3 is 1.25 bits per heavy atom. The number of hydrogen-bond donors (Lipinski definition) is 0. The molecule has 0 unspecified atom stereocenters. The fourth-order valence-corrected chi connectivity index (χ4v) is 4.01. The zero-order chi connectivity index (χ0) is 11.9. The third kappa shape index (κ3) is 15.3. The summed E-state index contributed by atoms with van der Waals surface area (Å²) < 4.78 is 0. The first kappa shape index (κ1) is 17.3. The van der Waals surface area contributed by atoms with E-state index in [0.717, 1.165) is 11.8 Å². The molecule has 0 radical (unpaired) electrons. The molecule has 0 aromatic carbocycles. The van der Waals surface area contributed by atoms with Gasteiger partial charge in [-0.3, -0.25) is 0 Å². The maximum absolute atomic E-state index is 5.62. The second-order valence-electron chi connectivity index (χ2n) is 3.85. The van der Waals surface area contributed by atoms with Crippen LogP contribution in [0.25, 0.3) is 0 Å². The Balaban J connectivity index is 2.83. The second kappa shape index (κ2) is 16.3. The van der Waals surface area contributed by atoms with Crippen molar-refractivity contribution in [2.24, 2.45) is 0 Å². The predicted octanol–water partition coefficient (Wildman–Crippen LogP) is 5.97. The van der Waals surface area contributed by atoms with Gasteiger partial charge in [0.15, 0.2) is 0 Å². The van der Waals surface area contributed by atoms with E-state index in [-0.39, 0.29) is 0 Å². The minimum atomic E-state index is 0.824. The van der Waals surface area contributed by atoms with Crippen LogP contribution in [-0.2, 0) is 0 Å². The van der Waals surface area contributed by atoms with E-state index in [0.29, 0.717) is 0 Å². The molecular formula is C12H24Cl2S2. The standard InChI is InChI=1S/C12H24Cl2S2/c13-9-5-1-3-7-11-15-16-12-8-4-2-6-10-14/h1-12H2. The monoisotopic (exact) mass is 302 g/mol. The first-order chi connectivity index (χ1) is 7.91. The number of hydrogen-bond acceptors (Lipinski definition) is 2. The van der Waals surface area contributed by atoms with Crippen LogP contribution in [0.3, 0.4) is 0 Å². The highest BCUT2D eigenvalue weighted by atomic mass is 35.5. The highest BCUT2D eigenvalue weighted by molar-refractivity contribution is 8.76. The Morgan fingerprint density at radius 1 is 0.500 bits per heavy atom. The summed E-state index contributed by atoms with van der Waals surface area (Å²) in [6.07, 6.45) is 10.3. The van der Waals surface area contributed by atoms with E-state index in [1.807, 2.05) is 21.6 Å². The summed E-state index contributed by atoms with van der Waals surface area (Å²) >= 11 is 11.2. The van der Waals surface area contributed by atoms with Crippen molar-refractivity contribution in [3.8, 4) is 0 Å². The summed E-state index contributed by atoms with van der Waals surface area (Å²) in [6, 6.07) is 0. The highest BCUT2D eigenvalue weighted by Crippen LogP contribution is 2.24. The lowest BCUT2D eigenvalue weighted by molar-refractivity contribution is 0.709. The van der Waals surface area contributed by atoms with Crippen LogP contribution in [0.1, 0.15) is 51.4 Å². The average Bonchev–Trinajstić information content (AvgIpc) is 2.31. The lowest BCUT2D eigenvalue weighted by atomic mass is 10.2. The Labute approximate surface area is 119 Å². The topological polar surface area (TPSA) is 0 Å². The van der Waals surface area contributed by atoms with Crippen molar-refractivity contribution in [3.63, 3.8) is 0 Å². The molecule has 0 aliphatic carbocycles. The molecule has 0 aliphatic rings. The lowest BCUT2D eigenvalue weighted by Crippen LogP contribution is -1.83. The van der Waals surface area contributed by atoms with Gasteiger partial charge >= 0.3 is 0 Å². The molecule has 0 bridgehead atoms. The molecule has 0 aromatic rings. The molecule has 0 aliphatic heterocycles. The van der Waals surface area contributed by atoms with Crippen LogP contribution in [0, 0.1) is 0 Å². The smallest absolute Gasteiger partial charge is 0.0223 e. The first-order valence-electron chi connectivity index (χ1n) is 6.28. The molecule has 0 atom stereocenters. The third-order valence-corrected chi connectivity index (χ3v) is 5.42. The third-order valence-electron chi connectivity index (χ3n) is 2.31. The van der Waals surface area contributed by atoms with Crippen molar-refractivity contribution in [3.05, 3.63) is 0 Å². The van der Waals surface area contributed by atoms with E-state index in [9.17, 15) is 0 Å². The van der Waals surface area contributed by atoms with Crippen LogP contribution in [0.15, 0.2) is 0 Å². The van der Waals surface area contributed by atoms with E-state index in [1.54, 1.807) is 0 Å². The number of halogens is 2. The molecule has 0 amide bonds. The van der Waals surface area contributed by atoms with Crippen molar-refractivity contribution < 1.29 is 0 Å².